The van der Waals surface area contributed by atoms with Crippen LogP contribution in [0.1, 0.15) is 32.8 Å². The van der Waals surface area contributed by atoms with Crippen molar-refractivity contribution in [3.05, 3.63) is 33.9 Å². The van der Waals surface area contributed by atoms with Crippen molar-refractivity contribution in [2.75, 3.05) is 25.0 Å². The molecule has 1 atom stereocenters. The third-order valence-corrected chi connectivity index (χ3v) is 5.28. The van der Waals surface area contributed by atoms with E-state index in [-0.39, 0.29) is 12.1 Å². The Morgan fingerprint density at radius 1 is 1.30 bits per heavy atom. The van der Waals surface area contributed by atoms with E-state index < -0.39 is 5.60 Å². The molecule has 2 heterocycles. The van der Waals surface area contributed by atoms with E-state index in [1.807, 2.05) is 26.8 Å². The molecule has 0 saturated carbocycles. The molecule has 1 aliphatic rings. The van der Waals surface area contributed by atoms with Gasteiger partial charge in [-0.05, 0) is 57.9 Å². The number of halogens is 2. The lowest BCUT2D eigenvalue weighted by Gasteiger charge is -2.29. The molecule has 1 aromatic heterocycles. The number of ether oxygens (including phenoxy) is 1. The fourth-order valence-electron chi connectivity index (χ4n) is 3.40. The largest absolute Gasteiger partial charge is 0.444 e. The fourth-order valence-corrected chi connectivity index (χ4v) is 3.91. The van der Waals surface area contributed by atoms with Crippen molar-refractivity contribution < 1.29 is 9.53 Å². The van der Waals surface area contributed by atoms with Gasteiger partial charge in [-0.15, -0.1) is 0 Å². The van der Waals surface area contributed by atoms with Gasteiger partial charge in [0.25, 0.3) is 0 Å². The topological polar surface area (TPSA) is 45.7 Å². The maximum atomic E-state index is 12.4. The molecule has 1 amide bonds. The second-order valence-electron chi connectivity index (χ2n) is 8.06. The fraction of sp³-hybridized carbons (Fsp3) is 0.500. The third-order valence-electron chi connectivity index (χ3n) is 4.78. The van der Waals surface area contributed by atoms with E-state index >= 15 is 0 Å². The van der Waals surface area contributed by atoms with Gasteiger partial charge in [0.2, 0.25) is 0 Å². The molecular weight excluding hydrogens is 385 g/mol. The molecule has 1 fully saturated rings. The number of aryl methyl sites for hydroxylation is 1. The predicted octanol–water partition coefficient (Wildman–Crippen LogP) is 5.30. The van der Waals surface area contributed by atoms with E-state index in [0.29, 0.717) is 10.2 Å². The van der Waals surface area contributed by atoms with E-state index in [2.05, 4.69) is 22.9 Å². The highest BCUT2D eigenvalue weighted by Crippen LogP contribution is 2.33. The molecule has 1 aliphatic heterocycles. The first kappa shape index (κ1) is 20.0. The average Bonchev–Trinajstić information content (AvgIpc) is 3.01. The van der Waals surface area contributed by atoms with Crippen LogP contribution in [0.25, 0.3) is 10.9 Å². The number of rotatable bonds is 2. The number of amides is 1. The van der Waals surface area contributed by atoms with Crippen LogP contribution in [-0.2, 0) is 4.74 Å². The highest BCUT2D eigenvalue weighted by molar-refractivity contribution is 6.37. The molecule has 2 aromatic rings. The predicted molar refractivity (Wildman–Crippen MR) is 111 cm³/mol. The van der Waals surface area contributed by atoms with Crippen LogP contribution in [0.15, 0.2) is 18.2 Å². The molecule has 0 unspecified atom stereocenters. The van der Waals surface area contributed by atoms with Gasteiger partial charge in [0.15, 0.2) is 0 Å². The summed E-state index contributed by atoms with van der Waals surface area (Å²) in [7, 11) is 1.80. The van der Waals surface area contributed by atoms with Crippen LogP contribution in [0.5, 0.6) is 0 Å². The highest BCUT2D eigenvalue weighted by Gasteiger charge is 2.31. The molecule has 0 spiro atoms. The summed E-state index contributed by atoms with van der Waals surface area (Å²) < 4.78 is 5.49. The van der Waals surface area contributed by atoms with E-state index in [0.717, 1.165) is 41.7 Å². The normalized spacial score (nSPS) is 17.4. The van der Waals surface area contributed by atoms with Crippen LogP contribution in [0.2, 0.25) is 10.2 Å². The first-order valence-electron chi connectivity index (χ1n) is 9.02. The van der Waals surface area contributed by atoms with Gasteiger partial charge in [-0.25, -0.2) is 9.78 Å². The average molecular weight is 410 g/mol. The number of hydrogen-bond acceptors (Lipinski definition) is 4. The van der Waals surface area contributed by atoms with Gasteiger partial charge in [0.1, 0.15) is 10.8 Å². The van der Waals surface area contributed by atoms with Crippen molar-refractivity contribution in [1.82, 2.24) is 9.88 Å². The van der Waals surface area contributed by atoms with Gasteiger partial charge in [-0.3, -0.25) is 0 Å². The van der Waals surface area contributed by atoms with Gasteiger partial charge >= 0.3 is 6.09 Å². The van der Waals surface area contributed by atoms with Crippen molar-refractivity contribution in [2.24, 2.45) is 0 Å². The lowest BCUT2D eigenvalue weighted by Crippen LogP contribution is -2.42. The summed E-state index contributed by atoms with van der Waals surface area (Å²) >= 11 is 12.4. The van der Waals surface area contributed by atoms with Crippen molar-refractivity contribution in [1.29, 1.82) is 0 Å². The Labute approximate surface area is 170 Å². The number of pyridine rings is 1. The number of anilines is 1. The maximum absolute atomic E-state index is 12.4. The Morgan fingerprint density at radius 3 is 2.67 bits per heavy atom. The van der Waals surface area contributed by atoms with Crippen molar-refractivity contribution >= 4 is 45.9 Å². The summed E-state index contributed by atoms with van der Waals surface area (Å²) in [6.07, 6.45) is 0.603. The first-order valence-corrected chi connectivity index (χ1v) is 9.78. The number of carbonyl (C=O) groups excluding carboxylic acids is 1. The SMILES string of the molecule is Cc1cc2nc(Cl)cc(Cl)c2cc1N1CC[C@@H](N(C)C(=O)OC(C)(C)C)C1. The molecule has 27 heavy (non-hydrogen) atoms. The molecule has 7 heteroatoms. The minimum Gasteiger partial charge on any atom is -0.444 e. The smallest absolute Gasteiger partial charge is 0.410 e. The van der Waals surface area contributed by atoms with Crippen molar-refractivity contribution in [2.45, 2.75) is 45.8 Å². The molecule has 0 bridgehead atoms. The molecule has 1 aromatic carbocycles. The van der Waals surface area contributed by atoms with E-state index in [9.17, 15) is 4.79 Å². The van der Waals surface area contributed by atoms with Crippen molar-refractivity contribution in [3.63, 3.8) is 0 Å². The lowest BCUT2D eigenvalue weighted by atomic mass is 10.1. The van der Waals surface area contributed by atoms with Crippen molar-refractivity contribution in [3.8, 4) is 0 Å². The third kappa shape index (κ3) is 4.41. The minimum absolute atomic E-state index is 0.105. The second kappa shape index (κ2) is 7.36. The lowest BCUT2D eigenvalue weighted by molar-refractivity contribution is 0.0238. The van der Waals surface area contributed by atoms with Crippen LogP contribution in [0.3, 0.4) is 0 Å². The maximum Gasteiger partial charge on any atom is 0.410 e. The van der Waals surface area contributed by atoms with Gasteiger partial charge in [0, 0.05) is 31.2 Å². The molecule has 146 valence electrons. The molecule has 0 radical (unpaired) electrons. The highest BCUT2D eigenvalue weighted by atomic mass is 35.5. The van der Waals surface area contributed by atoms with E-state index in [4.69, 9.17) is 27.9 Å². The monoisotopic (exact) mass is 409 g/mol. The van der Waals surface area contributed by atoms with Gasteiger partial charge in [-0.1, -0.05) is 23.2 Å². The summed E-state index contributed by atoms with van der Waals surface area (Å²) in [6, 6.07) is 5.83. The number of carbonyl (C=O) groups is 1. The summed E-state index contributed by atoms with van der Waals surface area (Å²) in [6.45, 7) is 9.30. The molecule has 0 aliphatic carbocycles. The first-order chi connectivity index (χ1) is 12.5. The van der Waals surface area contributed by atoms with Crippen LogP contribution in [0.4, 0.5) is 10.5 Å². The summed E-state index contributed by atoms with van der Waals surface area (Å²) in [5, 5.41) is 1.86. The van der Waals surface area contributed by atoms with Gasteiger partial charge in [-0.2, -0.15) is 0 Å². The zero-order valence-corrected chi connectivity index (χ0v) is 17.9. The Hall–Kier alpha value is -1.72. The van der Waals surface area contributed by atoms with Crippen LogP contribution in [0, 0.1) is 6.92 Å². The zero-order chi connectivity index (χ0) is 19.9. The van der Waals surface area contributed by atoms with Gasteiger partial charge < -0.3 is 14.5 Å². The van der Waals surface area contributed by atoms with E-state index in [1.165, 1.54) is 0 Å². The summed E-state index contributed by atoms with van der Waals surface area (Å²) in [5.74, 6) is 0. The van der Waals surface area contributed by atoms with Crippen LogP contribution < -0.4 is 4.90 Å². The molecular formula is C20H25Cl2N3O2. The summed E-state index contributed by atoms with van der Waals surface area (Å²) in [4.78, 5) is 20.7. The quantitative estimate of drug-likeness (QED) is 0.631. The summed E-state index contributed by atoms with van der Waals surface area (Å²) in [5.41, 5.74) is 2.50. The number of aromatic nitrogens is 1. The Morgan fingerprint density at radius 2 is 2.00 bits per heavy atom. The van der Waals surface area contributed by atoms with Gasteiger partial charge in [0.05, 0.1) is 16.6 Å². The van der Waals surface area contributed by atoms with Crippen LogP contribution in [-0.4, -0.2) is 47.8 Å². The Kier molecular flexibility index (Phi) is 5.46. The minimum atomic E-state index is -0.496. The zero-order valence-electron chi connectivity index (χ0n) is 16.3. The number of fused-ring (bicyclic) bond motifs is 1. The number of hydrogen-bond donors (Lipinski definition) is 0. The molecule has 1 saturated heterocycles. The Balaban J connectivity index is 1.81. The molecule has 3 rings (SSSR count). The molecule has 5 nitrogen and oxygen atoms in total. The number of nitrogens with zero attached hydrogens (tertiary/aromatic N) is 3. The standard InChI is InChI=1S/C20H25Cl2N3O2/c1-12-8-16-14(15(21)10-18(22)23-16)9-17(12)25-7-6-13(11-25)24(5)19(26)27-20(2,3)4/h8-10,13H,6-7,11H2,1-5H3/t13-/m1/s1. The van der Waals surface area contributed by atoms with Crippen LogP contribution >= 0.6 is 23.2 Å². The number of likely N-dealkylation sites (N-methyl/N-ethyl adjacent to an activating group) is 1. The Bertz CT molecular complexity index is 880. The number of benzene rings is 1. The second-order valence-corrected chi connectivity index (χ2v) is 8.86. The molecule has 0 N–H and O–H groups in total. The van der Waals surface area contributed by atoms with E-state index in [1.54, 1.807) is 18.0 Å².